The Bertz CT molecular complexity index is 628. The van der Waals surface area contributed by atoms with E-state index in [9.17, 15) is 14.4 Å². The number of carbonyl (C=O) groups excluding carboxylic acids is 3. The Morgan fingerprint density at radius 2 is 1.83 bits per heavy atom. The lowest BCUT2D eigenvalue weighted by molar-refractivity contribution is -0.141. The lowest BCUT2D eigenvalue weighted by Gasteiger charge is -2.12. The van der Waals surface area contributed by atoms with Crippen molar-refractivity contribution in [3.8, 4) is 11.5 Å². The molecule has 0 heterocycles. The molecule has 1 fully saturated rings. The third kappa shape index (κ3) is 4.87. The first kappa shape index (κ1) is 17.6. The minimum atomic E-state index is -0.880. The summed E-state index contributed by atoms with van der Waals surface area (Å²) >= 11 is 0. The van der Waals surface area contributed by atoms with Crippen molar-refractivity contribution in [3.05, 3.63) is 23.8 Å². The zero-order valence-corrected chi connectivity index (χ0v) is 13.7. The largest absolute Gasteiger partial charge is 0.493 e. The smallest absolute Gasteiger partial charge is 0.327 e. The quantitative estimate of drug-likeness (QED) is 0.504. The molecule has 0 bridgehead atoms. The van der Waals surface area contributed by atoms with Crippen molar-refractivity contribution < 1.29 is 23.9 Å². The van der Waals surface area contributed by atoms with Crippen LogP contribution >= 0.6 is 0 Å². The van der Waals surface area contributed by atoms with Gasteiger partial charge in [0.2, 0.25) is 5.91 Å². The van der Waals surface area contributed by atoms with Crippen molar-refractivity contribution in [2.45, 2.75) is 31.7 Å². The molecular formula is C16H21N3O5. The zero-order chi connectivity index (χ0) is 17.5. The van der Waals surface area contributed by atoms with Crippen LogP contribution in [0, 0.1) is 0 Å². The average molecular weight is 335 g/mol. The predicted molar refractivity (Wildman–Crippen MR) is 85.3 cm³/mol. The van der Waals surface area contributed by atoms with Crippen LogP contribution in [0.25, 0.3) is 0 Å². The molecule has 0 spiro atoms. The summed E-state index contributed by atoms with van der Waals surface area (Å²) in [6.45, 7) is 0. The van der Waals surface area contributed by atoms with Gasteiger partial charge in [0, 0.05) is 12.5 Å². The molecule has 1 aromatic rings. The highest BCUT2D eigenvalue weighted by molar-refractivity contribution is 6.35. The second-order valence-corrected chi connectivity index (χ2v) is 5.40. The summed E-state index contributed by atoms with van der Waals surface area (Å²) in [5, 5.41) is 2.53. The number of rotatable bonds is 6. The second kappa shape index (κ2) is 8.19. The molecule has 0 aromatic heterocycles. The number of methoxy groups -OCH3 is 2. The molecule has 8 heteroatoms. The van der Waals surface area contributed by atoms with E-state index in [1.807, 2.05) is 6.07 Å². The molecule has 8 nitrogen and oxygen atoms in total. The minimum Gasteiger partial charge on any atom is -0.493 e. The molecule has 1 aromatic carbocycles. The zero-order valence-electron chi connectivity index (χ0n) is 13.7. The first-order valence-corrected chi connectivity index (χ1v) is 7.64. The Kier molecular flexibility index (Phi) is 6.00. The van der Waals surface area contributed by atoms with Gasteiger partial charge in [-0.2, -0.15) is 0 Å². The average Bonchev–Trinajstić information content (AvgIpc) is 3.40. The van der Waals surface area contributed by atoms with E-state index in [2.05, 4.69) is 16.2 Å². The number of hydrazine groups is 1. The fourth-order valence-corrected chi connectivity index (χ4v) is 2.12. The van der Waals surface area contributed by atoms with Crippen molar-refractivity contribution in [1.29, 1.82) is 0 Å². The standard InChI is InChI=1S/C16H21N3O5/c1-23-12-5-3-4-10(14(12)24-2)6-9-13(20)18-19-16(22)15(21)17-11-7-8-11/h3-5,11H,6-9H2,1-2H3,(H,17,21)(H,18,20)(H,19,22). The van der Waals surface area contributed by atoms with Crippen LogP contribution in [0.2, 0.25) is 0 Å². The summed E-state index contributed by atoms with van der Waals surface area (Å²) in [4.78, 5) is 34.7. The van der Waals surface area contributed by atoms with E-state index in [4.69, 9.17) is 9.47 Å². The number of hydrogen-bond acceptors (Lipinski definition) is 5. The lowest BCUT2D eigenvalue weighted by Crippen LogP contribution is -2.49. The van der Waals surface area contributed by atoms with E-state index in [1.165, 1.54) is 14.2 Å². The number of hydrogen-bond donors (Lipinski definition) is 3. The number of benzene rings is 1. The van der Waals surface area contributed by atoms with Crippen LogP contribution in [0.5, 0.6) is 11.5 Å². The minimum absolute atomic E-state index is 0.0828. The van der Waals surface area contributed by atoms with Gasteiger partial charge in [0.25, 0.3) is 0 Å². The van der Waals surface area contributed by atoms with Gasteiger partial charge in [-0.1, -0.05) is 12.1 Å². The number of aryl methyl sites for hydroxylation is 1. The predicted octanol–water partition coefficient (Wildman–Crippen LogP) is 0.0624. The van der Waals surface area contributed by atoms with E-state index >= 15 is 0 Å². The fourth-order valence-electron chi connectivity index (χ4n) is 2.12. The number of amides is 3. The SMILES string of the molecule is COc1cccc(CCC(=O)NNC(=O)C(=O)NC2CC2)c1OC. The Labute approximate surface area is 139 Å². The van der Waals surface area contributed by atoms with E-state index < -0.39 is 17.7 Å². The van der Waals surface area contributed by atoms with Gasteiger partial charge in [0.15, 0.2) is 11.5 Å². The molecule has 3 N–H and O–H groups in total. The molecule has 0 saturated heterocycles. The molecule has 1 aliphatic rings. The molecule has 1 aliphatic carbocycles. The summed E-state index contributed by atoms with van der Waals surface area (Å²) in [7, 11) is 3.07. The maximum Gasteiger partial charge on any atom is 0.327 e. The van der Waals surface area contributed by atoms with E-state index in [0.717, 1.165) is 18.4 Å². The van der Waals surface area contributed by atoms with Gasteiger partial charge in [-0.05, 0) is 30.9 Å². The molecule has 0 radical (unpaired) electrons. The molecule has 0 aliphatic heterocycles. The third-order valence-corrected chi connectivity index (χ3v) is 3.54. The number of ether oxygens (including phenoxy) is 2. The van der Waals surface area contributed by atoms with E-state index in [0.29, 0.717) is 17.9 Å². The molecule has 3 amide bonds. The normalized spacial score (nSPS) is 12.9. The summed E-state index contributed by atoms with van der Waals surface area (Å²) in [5.41, 5.74) is 5.13. The highest BCUT2D eigenvalue weighted by atomic mass is 16.5. The van der Waals surface area contributed by atoms with Crippen LogP contribution < -0.4 is 25.6 Å². The van der Waals surface area contributed by atoms with Crippen LogP contribution in [0.15, 0.2) is 18.2 Å². The Morgan fingerprint density at radius 1 is 1.08 bits per heavy atom. The van der Waals surface area contributed by atoms with Crippen molar-refractivity contribution in [3.63, 3.8) is 0 Å². The van der Waals surface area contributed by atoms with Crippen molar-refractivity contribution in [2.75, 3.05) is 14.2 Å². The molecule has 0 unspecified atom stereocenters. The van der Waals surface area contributed by atoms with Gasteiger partial charge in [-0.15, -0.1) is 0 Å². The monoisotopic (exact) mass is 335 g/mol. The number of carbonyl (C=O) groups is 3. The van der Waals surface area contributed by atoms with Gasteiger partial charge in [0.05, 0.1) is 14.2 Å². The number of nitrogens with one attached hydrogen (secondary N) is 3. The van der Waals surface area contributed by atoms with E-state index in [1.54, 1.807) is 12.1 Å². The lowest BCUT2D eigenvalue weighted by atomic mass is 10.1. The van der Waals surface area contributed by atoms with Crippen LogP contribution in [0.3, 0.4) is 0 Å². The maximum atomic E-state index is 11.8. The first-order valence-electron chi connectivity index (χ1n) is 7.64. The van der Waals surface area contributed by atoms with Crippen LogP contribution in [0.4, 0.5) is 0 Å². The van der Waals surface area contributed by atoms with Gasteiger partial charge in [-0.3, -0.25) is 25.2 Å². The molecular weight excluding hydrogens is 314 g/mol. The van der Waals surface area contributed by atoms with Crippen molar-refractivity contribution in [1.82, 2.24) is 16.2 Å². The van der Waals surface area contributed by atoms with Crippen LogP contribution in [0.1, 0.15) is 24.8 Å². The highest BCUT2D eigenvalue weighted by Crippen LogP contribution is 2.31. The molecule has 1 saturated carbocycles. The summed E-state index contributed by atoms with van der Waals surface area (Å²) in [6, 6.07) is 5.48. The third-order valence-electron chi connectivity index (χ3n) is 3.54. The van der Waals surface area contributed by atoms with Crippen molar-refractivity contribution in [2.24, 2.45) is 0 Å². The van der Waals surface area contributed by atoms with Crippen molar-refractivity contribution >= 4 is 17.7 Å². The number of para-hydroxylation sites is 1. The second-order valence-electron chi connectivity index (χ2n) is 5.40. The summed E-state index contributed by atoms with van der Waals surface area (Å²) < 4.78 is 10.5. The maximum absolute atomic E-state index is 11.8. The summed E-state index contributed by atoms with van der Waals surface area (Å²) in [5.74, 6) is -0.880. The van der Waals surface area contributed by atoms with Crippen LogP contribution in [-0.2, 0) is 20.8 Å². The molecule has 0 atom stereocenters. The molecule has 130 valence electrons. The molecule has 24 heavy (non-hydrogen) atoms. The highest BCUT2D eigenvalue weighted by Gasteiger charge is 2.26. The van der Waals surface area contributed by atoms with E-state index in [-0.39, 0.29) is 12.5 Å². The first-order chi connectivity index (χ1) is 11.5. The van der Waals surface area contributed by atoms with Gasteiger partial charge >= 0.3 is 11.8 Å². The van der Waals surface area contributed by atoms with Crippen LogP contribution in [-0.4, -0.2) is 38.0 Å². The van der Waals surface area contributed by atoms with Gasteiger partial charge < -0.3 is 14.8 Å². The molecule has 2 rings (SSSR count). The Hall–Kier alpha value is -2.77. The Morgan fingerprint density at radius 3 is 2.46 bits per heavy atom. The Balaban J connectivity index is 1.78. The fraction of sp³-hybridized carbons (Fsp3) is 0.438. The topological polar surface area (TPSA) is 106 Å². The van der Waals surface area contributed by atoms with Gasteiger partial charge in [0.1, 0.15) is 0 Å². The van der Waals surface area contributed by atoms with Gasteiger partial charge in [-0.25, -0.2) is 0 Å². The summed E-state index contributed by atoms with van der Waals surface area (Å²) in [6.07, 6.45) is 2.28.